The summed E-state index contributed by atoms with van der Waals surface area (Å²) in [5, 5.41) is 8.19. The van der Waals surface area contributed by atoms with Crippen molar-refractivity contribution >= 4 is 29.4 Å². The normalized spacial score (nSPS) is 15.9. The smallest absolute Gasteiger partial charge is 0.257 e. The molecule has 0 radical (unpaired) electrons. The standard InChI is InChI=1S/C19H28N4O2.ClH/c1-19(2,3)16-15-11-14(12-21-17(15)25-22-16)18(24)23-9-6-13(7-10-23)5-8-20-4;/h11-13,20H,5-10H2,1-4H3;1H. The number of halogens is 1. The summed E-state index contributed by atoms with van der Waals surface area (Å²) in [6.45, 7) is 8.92. The quantitative estimate of drug-likeness (QED) is 0.880. The van der Waals surface area contributed by atoms with Crippen molar-refractivity contribution in [3.8, 4) is 0 Å². The van der Waals surface area contributed by atoms with Crippen molar-refractivity contribution in [3.63, 3.8) is 0 Å². The third kappa shape index (κ3) is 4.35. The summed E-state index contributed by atoms with van der Waals surface area (Å²) in [6, 6.07) is 1.88. The minimum atomic E-state index is -0.153. The Hall–Kier alpha value is -1.66. The van der Waals surface area contributed by atoms with Gasteiger partial charge in [0, 0.05) is 24.7 Å². The number of carbonyl (C=O) groups excluding carboxylic acids is 1. The minimum Gasteiger partial charge on any atom is -0.339 e. The van der Waals surface area contributed by atoms with E-state index >= 15 is 0 Å². The van der Waals surface area contributed by atoms with Crippen LogP contribution in [0.4, 0.5) is 0 Å². The summed E-state index contributed by atoms with van der Waals surface area (Å²) >= 11 is 0. The Morgan fingerprint density at radius 1 is 1.35 bits per heavy atom. The van der Waals surface area contributed by atoms with Crippen molar-refractivity contribution in [3.05, 3.63) is 23.5 Å². The topological polar surface area (TPSA) is 71.3 Å². The van der Waals surface area contributed by atoms with E-state index < -0.39 is 0 Å². The van der Waals surface area contributed by atoms with Gasteiger partial charge in [-0.25, -0.2) is 4.98 Å². The average molecular weight is 381 g/mol. The van der Waals surface area contributed by atoms with Crippen LogP contribution < -0.4 is 5.32 Å². The second-order valence-electron chi connectivity index (χ2n) is 7.99. The number of pyridine rings is 1. The van der Waals surface area contributed by atoms with Gasteiger partial charge in [-0.2, -0.15) is 0 Å². The number of piperidine rings is 1. The highest BCUT2D eigenvalue weighted by Crippen LogP contribution is 2.29. The van der Waals surface area contributed by atoms with Crippen LogP contribution in [0.5, 0.6) is 0 Å². The lowest BCUT2D eigenvalue weighted by Crippen LogP contribution is -2.39. The molecule has 1 aliphatic heterocycles. The Balaban J connectivity index is 0.00000243. The van der Waals surface area contributed by atoms with E-state index in [0.717, 1.165) is 43.6 Å². The Morgan fingerprint density at radius 3 is 2.65 bits per heavy atom. The first-order valence-electron chi connectivity index (χ1n) is 9.10. The molecule has 1 amide bonds. The minimum absolute atomic E-state index is 0. The van der Waals surface area contributed by atoms with E-state index in [9.17, 15) is 4.79 Å². The van der Waals surface area contributed by atoms with Crippen LogP contribution in [-0.4, -0.2) is 47.6 Å². The molecule has 2 aromatic rings. The lowest BCUT2D eigenvalue weighted by atomic mass is 9.90. The number of nitrogens with zero attached hydrogens (tertiary/aromatic N) is 3. The number of hydrogen-bond acceptors (Lipinski definition) is 5. The summed E-state index contributed by atoms with van der Waals surface area (Å²) in [5.41, 5.74) is 1.80. The van der Waals surface area contributed by atoms with E-state index in [1.54, 1.807) is 6.20 Å². The highest BCUT2D eigenvalue weighted by molar-refractivity contribution is 5.97. The number of amides is 1. The van der Waals surface area contributed by atoms with Crippen LogP contribution in [-0.2, 0) is 5.41 Å². The number of aromatic nitrogens is 2. The Bertz CT molecular complexity index is 746. The third-order valence-corrected chi connectivity index (χ3v) is 4.99. The number of rotatable bonds is 4. The fourth-order valence-corrected chi connectivity index (χ4v) is 3.45. The van der Waals surface area contributed by atoms with Crippen LogP contribution in [0.15, 0.2) is 16.8 Å². The number of hydrogen-bond donors (Lipinski definition) is 1. The lowest BCUT2D eigenvalue weighted by molar-refractivity contribution is 0.0687. The van der Waals surface area contributed by atoms with Gasteiger partial charge in [-0.1, -0.05) is 25.9 Å². The van der Waals surface area contributed by atoms with E-state index in [2.05, 4.69) is 36.2 Å². The fourth-order valence-electron chi connectivity index (χ4n) is 3.45. The van der Waals surface area contributed by atoms with Crippen molar-refractivity contribution in [1.29, 1.82) is 0 Å². The molecule has 1 saturated heterocycles. The summed E-state index contributed by atoms with van der Waals surface area (Å²) in [4.78, 5) is 19.1. The van der Waals surface area contributed by atoms with Gasteiger partial charge < -0.3 is 14.7 Å². The molecule has 0 unspecified atom stereocenters. The van der Waals surface area contributed by atoms with Crippen LogP contribution in [0.3, 0.4) is 0 Å². The van der Waals surface area contributed by atoms with Gasteiger partial charge in [0.25, 0.3) is 11.6 Å². The van der Waals surface area contributed by atoms with Gasteiger partial charge in [0.2, 0.25) is 0 Å². The highest BCUT2D eigenvalue weighted by atomic mass is 35.5. The van der Waals surface area contributed by atoms with Crippen molar-refractivity contribution in [2.24, 2.45) is 5.92 Å². The molecule has 1 fully saturated rings. The Kier molecular flexibility index (Phi) is 6.64. The van der Waals surface area contributed by atoms with Gasteiger partial charge in [0.05, 0.1) is 16.6 Å². The molecule has 1 aliphatic rings. The van der Waals surface area contributed by atoms with Crippen LogP contribution in [0, 0.1) is 5.92 Å². The molecule has 0 atom stereocenters. The molecule has 0 spiro atoms. The molecule has 3 heterocycles. The van der Waals surface area contributed by atoms with Crippen molar-refractivity contribution < 1.29 is 9.32 Å². The zero-order valence-corrected chi connectivity index (χ0v) is 16.9. The van der Waals surface area contributed by atoms with Crippen molar-refractivity contribution in [2.45, 2.75) is 45.4 Å². The largest absolute Gasteiger partial charge is 0.339 e. The second-order valence-corrected chi connectivity index (χ2v) is 7.99. The first-order chi connectivity index (χ1) is 11.9. The maximum absolute atomic E-state index is 12.9. The molecule has 0 saturated carbocycles. The maximum atomic E-state index is 12.9. The van der Waals surface area contributed by atoms with E-state index in [1.807, 2.05) is 18.0 Å². The van der Waals surface area contributed by atoms with Gasteiger partial charge in [-0.05, 0) is 44.8 Å². The summed E-state index contributed by atoms with van der Waals surface area (Å²) in [7, 11) is 1.98. The molecule has 1 N–H and O–H groups in total. The van der Waals surface area contributed by atoms with Crippen LogP contribution >= 0.6 is 12.4 Å². The predicted molar refractivity (Wildman–Crippen MR) is 105 cm³/mol. The average Bonchev–Trinajstić information content (AvgIpc) is 3.03. The molecular weight excluding hydrogens is 352 g/mol. The number of carbonyl (C=O) groups is 1. The van der Waals surface area contributed by atoms with Gasteiger partial charge >= 0.3 is 0 Å². The summed E-state index contributed by atoms with van der Waals surface area (Å²) < 4.78 is 5.32. The zero-order chi connectivity index (χ0) is 18.0. The molecule has 0 aliphatic carbocycles. The number of fused-ring (bicyclic) bond motifs is 1. The van der Waals surface area contributed by atoms with Gasteiger partial charge in [-0.3, -0.25) is 4.79 Å². The van der Waals surface area contributed by atoms with Crippen LogP contribution in [0.25, 0.3) is 11.1 Å². The van der Waals surface area contributed by atoms with Crippen LogP contribution in [0.2, 0.25) is 0 Å². The zero-order valence-electron chi connectivity index (χ0n) is 16.0. The van der Waals surface area contributed by atoms with Gasteiger partial charge in [0.15, 0.2) is 0 Å². The summed E-state index contributed by atoms with van der Waals surface area (Å²) in [6.07, 6.45) is 4.93. The first-order valence-corrected chi connectivity index (χ1v) is 9.10. The van der Waals surface area contributed by atoms with Crippen molar-refractivity contribution in [2.75, 3.05) is 26.7 Å². The lowest BCUT2D eigenvalue weighted by Gasteiger charge is -2.32. The molecule has 144 valence electrons. The monoisotopic (exact) mass is 380 g/mol. The number of nitrogens with one attached hydrogen (secondary N) is 1. The van der Waals surface area contributed by atoms with Crippen molar-refractivity contribution in [1.82, 2.24) is 20.4 Å². The molecule has 6 nitrogen and oxygen atoms in total. The Morgan fingerprint density at radius 2 is 2.04 bits per heavy atom. The summed E-state index contributed by atoms with van der Waals surface area (Å²) in [5.74, 6) is 0.769. The third-order valence-electron chi connectivity index (χ3n) is 4.99. The maximum Gasteiger partial charge on any atom is 0.257 e. The van der Waals surface area contributed by atoms with Crippen LogP contribution in [0.1, 0.15) is 56.1 Å². The molecule has 0 aromatic carbocycles. The predicted octanol–water partition coefficient (Wildman–Crippen LogP) is 3.40. The van der Waals surface area contributed by atoms with Gasteiger partial charge in [-0.15, -0.1) is 12.4 Å². The molecule has 2 aromatic heterocycles. The van der Waals surface area contributed by atoms with E-state index in [4.69, 9.17) is 4.52 Å². The molecule has 3 rings (SSSR count). The molecule has 26 heavy (non-hydrogen) atoms. The fraction of sp³-hybridized carbons (Fsp3) is 0.632. The van der Waals surface area contributed by atoms with E-state index in [1.165, 1.54) is 6.42 Å². The highest BCUT2D eigenvalue weighted by Gasteiger charge is 2.26. The SMILES string of the molecule is CNCCC1CCN(C(=O)c2cnc3onc(C(C)(C)C)c3c2)CC1.Cl. The van der Waals surface area contributed by atoms with E-state index in [-0.39, 0.29) is 23.7 Å². The molecule has 0 bridgehead atoms. The molecule has 7 heteroatoms. The molecular formula is C19H29ClN4O2. The number of likely N-dealkylation sites (tertiary alicyclic amines) is 1. The Labute approximate surface area is 161 Å². The second kappa shape index (κ2) is 8.35. The van der Waals surface area contributed by atoms with E-state index in [0.29, 0.717) is 17.2 Å². The van der Waals surface area contributed by atoms with Gasteiger partial charge in [0.1, 0.15) is 0 Å². The first kappa shape index (κ1) is 20.6.